The van der Waals surface area contributed by atoms with Crippen molar-refractivity contribution in [3.05, 3.63) is 23.8 Å². The van der Waals surface area contributed by atoms with E-state index in [9.17, 15) is 15.0 Å². The molecule has 4 rings (SSSR count). The molecule has 2 unspecified atom stereocenters. The highest BCUT2D eigenvalue weighted by atomic mass is 16.3. The lowest BCUT2D eigenvalue weighted by atomic mass is 9.48. The van der Waals surface area contributed by atoms with Gasteiger partial charge in [0, 0.05) is 11.8 Å². The molecule has 3 nitrogen and oxygen atoms in total. The molecule has 3 saturated carbocycles. The topological polar surface area (TPSA) is 57.5 Å². The van der Waals surface area contributed by atoms with Crippen LogP contribution in [0.3, 0.4) is 0 Å². The van der Waals surface area contributed by atoms with Crippen LogP contribution in [0.1, 0.15) is 46.0 Å². The number of rotatable bonds is 0. The number of ketones is 1. The lowest BCUT2D eigenvalue weighted by Crippen LogP contribution is -2.52. The Labute approximate surface area is 132 Å². The van der Waals surface area contributed by atoms with Crippen LogP contribution in [0.5, 0.6) is 0 Å². The molecule has 0 spiro atoms. The van der Waals surface area contributed by atoms with E-state index >= 15 is 0 Å². The molecule has 0 aromatic heterocycles. The van der Waals surface area contributed by atoms with Crippen molar-refractivity contribution < 1.29 is 15.0 Å². The summed E-state index contributed by atoms with van der Waals surface area (Å²) in [5.74, 6) is 1.24. The highest BCUT2D eigenvalue weighted by molar-refractivity contribution is 6.01. The van der Waals surface area contributed by atoms with E-state index in [2.05, 4.69) is 19.9 Å². The highest BCUT2D eigenvalue weighted by Gasteiger charge is 2.61. The largest absolute Gasteiger partial charge is 0.393 e. The van der Waals surface area contributed by atoms with E-state index in [0.717, 1.165) is 25.7 Å². The summed E-state index contributed by atoms with van der Waals surface area (Å²) < 4.78 is 0. The number of fused-ring (bicyclic) bond motifs is 5. The summed E-state index contributed by atoms with van der Waals surface area (Å²) >= 11 is 0. The maximum atomic E-state index is 11.7. The first-order chi connectivity index (χ1) is 10.4. The standard InChI is InChI=1S/C19H26O3/c1-18-7-5-12(20)9-11(18)3-4-13-14(18)6-8-19(2)16(22)10-15(21)17(13)19/h5,7,9,13-17,21-22H,3-4,6,8,10H2,1-2H3/t13-,14+,15?,16?,17-,18+,19-/m1/s1. The minimum absolute atomic E-state index is 0.0363. The molecule has 120 valence electrons. The number of hydrogen-bond acceptors (Lipinski definition) is 3. The van der Waals surface area contributed by atoms with Crippen molar-refractivity contribution in [3.8, 4) is 0 Å². The SMILES string of the molecule is C[C@]12C=CC(=O)C=C1CC[C@@H]1[C@@H]2CC[C@]2(C)C(O)CC(O)[C@@H]12. The van der Waals surface area contributed by atoms with Crippen molar-refractivity contribution in [1.29, 1.82) is 0 Å². The van der Waals surface area contributed by atoms with Gasteiger partial charge in [0.15, 0.2) is 5.78 Å². The van der Waals surface area contributed by atoms with Gasteiger partial charge in [-0.15, -0.1) is 0 Å². The predicted octanol–water partition coefficient (Wildman–Crippen LogP) is 2.63. The number of allylic oxidation sites excluding steroid dienone is 4. The third-order valence-electron chi connectivity index (χ3n) is 7.49. The van der Waals surface area contributed by atoms with Crippen molar-refractivity contribution in [2.45, 2.75) is 58.2 Å². The average Bonchev–Trinajstić information content (AvgIpc) is 2.70. The lowest BCUT2D eigenvalue weighted by molar-refractivity contribution is -0.111. The zero-order chi connectivity index (χ0) is 15.7. The second-order valence-corrected chi connectivity index (χ2v) is 8.39. The molecule has 0 aromatic rings. The average molecular weight is 302 g/mol. The molecule has 0 bridgehead atoms. The van der Waals surface area contributed by atoms with Crippen molar-refractivity contribution >= 4 is 5.78 Å². The summed E-state index contributed by atoms with van der Waals surface area (Å²) in [5, 5.41) is 21.0. The molecule has 3 fully saturated rings. The number of carbonyl (C=O) groups is 1. The van der Waals surface area contributed by atoms with E-state index in [-0.39, 0.29) is 34.7 Å². The fraction of sp³-hybridized carbons (Fsp3) is 0.737. The van der Waals surface area contributed by atoms with E-state index < -0.39 is 0 Å². The molecule has 7 atom stereocenters. The van der Waals surface area contributed by atoms with Crippen LogP contribution in [0.15, 0.2) is 23.8 Å². The second kappa shape index (κ2) is 4.55. The van der Waals surface area contributed by atoms with E-state index in [0.29, 0.717) is 18.3 Å². The van der Waals surface area contributed by atoms with Crippen LogP contribution in [0, 0.1) is 28.6 Å². The first kappa shape index (κ1) is 14.6. The molecule has 0 aliphatic heterocycles. The Balaban J connectivity index is 1.73. The molecule has 4 aliphatic carbocycles. The van der Waals surface area contributed by atoms with Gasteiger partial charge in [-0.2, -0.15) is 0 Å². The summed E-state index contributed by atoms with van der Waals surface area (Å²) in [6.07, 6.45) is 9.48. The van der Waals surface area contributed by atoms with Gasteiger partial charge in [-0.25, -0.2) is 0 Å². The normalized spacial score (nSPS) is 53.5. The number of aliphatic hydroxyl groups excluding tert-OH is 2. The molecule has 2 N–H and O–H groups in total. The maximum Gasteiger partial charge on any atom is 0.178 e. The minimum Gasteiger partial charge on any atom is -0.393 e. The molecule has 22 heavy (non-hydrogen) atoms. The van der Waals surface area contributed by atoms with Crippen LogP contribution in [0.4, 0.5) is 0 Å². The quantitative estimate of drug-likeness (QED) is 0.723. The summed E-state index contributed by atoms with van der Waals surface area (Å²) in [7, 11) is 0. The molecule has 0 saturated heterocycles. The highest BCUT2D eigenvalue weighted by Crippen LogP contribution is 2.64. The molecule has 0 amide bonds. The zero-order valence-corrected chi connectivity index (χ0v) is 13.5. The summed E-state index contributed by atoms with van der Waals surface area (Å²) in [6.45, 7) is 4.43. The fourth-order valence-electron chi connectivity index (χ4n) is 6.23. The van der Waals surface area contributed by atoms with Crippen molar-refractivity contribution in [2.24, 2.45) is 28.6 Å². The minimum atomic E-state index is -0.379. The summed E-state index contributed by atoms with van der Waals surface area (Å²) in [6, 6.07) is 0. The smallest absolute Gasteiger partial charge is 0.178 e. The van der Waals surface area contributed by atoms with Crippen molar-refractivity contribution in [1.82, 2.24) is 0 Å². The van der Waals surface area contributed by atoms with E-state index in [1.807, 2.05) is 6.08 Å². The number of hydrogen-bond donors (Lipinski definition) is 2. The molecule has 4 aliphatic rings. The Bertz CT molecular complexity index is 577. The number of carbonyl (C=O) groups excluding carboxylic acids is 1. The monoisotopic (exact) mass is 302 g/mol. The van der Waals surface area contributed by atoms with Gasteiger partial charge in [0.2, 0.25) is 0 Å². The molecule has 3 heteroatoms. The molecule has 0 aromatic carbocycles. The Morgan fingerprint density at radius 1 is 1.23 bits per heavy atom. The Hall–Kier alpha value is -0.930. The van der Waals surface area contributed by atoms with Crippen LogP contribution in [-0.2, 0) is 4.79 Å². The van der Waals surface area contributed by atoms with Crippen LogP contribution in [0.2, 0.25) is 0 Å². The van der Waals surface area contributed by atoms with Crippen LogP contribution in [-0.4, -0.2) is 28.2 Å². The Morgan fingerprint density at radius 3 is 2.77 bits per heavy atom. The van der Waals surface area contributed by atoms with Crippen molar-refractivity contribution in [2.75, 3.05) is 0 Å². The van der Waals surface area contributed by atoms with Gasteiger partial charge >= 0.3 is 0 Å². The Morgan fingerprint density at radius 2 is 2.00 bits per heavy atom. The van der Waals surface area contributed by atoms with E-state index in [4.69, 9.17) is 0 Å². The van der Waals surface area contributed by atoms with Gasteiger partial charge in [0.1, 0.15) is 0 Å². The van der Waals surface area contributed by atoms with Gasteiger partial charge in [0.25, 0.3) is 0 Å². The fourth-order valence-corrected chi connectivity index (χ4v) is 6.23. The van der Waals surface area contributed by atoms with Crippen LogP contribution >= 0.6 is 0 Å². The van der Waals surface area contributed by atoms with Gasteiger partial charge in [0.05, 0.1) is 12.2 Å². The Kier molecular flexibility index (Phi) is 3.03. The summed E-state index contributed by atoms with van der Waals surface area (Å²) in [5.41, 5.74) is 1.11. The van der Waals surface area contributed by atoms with E-state index in [1.54, 1.807) is 6.08 Å². The molecule has 0 radical (unpaired) electrons. The van der Waals surface area contributed by atoms with Gasteiger partial charge in [-0.05, 0) is 61.0 Å². The van der Waals surface area contributed by atoms with Crippen LogP contribution < -0.4 is 0 Å². The lowest BCUT2D eigenvalue weighted by Gasteiger charge is -2.56. The van der Waals surface area contributed by atoms with Gasteiger partial charge < -0.3 is 10.2 Å². The second-order valence-electron chi connectivity index (χ2n) is 8.39. The van der Waals surface area contributed by atoms with E-state index in [1.165, 1.54) is 5.57 Å². The predicted molar refractivity (Wildman–Crippen MR) is 84.0 cm³/mol. The number of aliphatic hydroxyl groups is 2. The summed E-state index contributed by atoms with van der Waals surface area (Å²) in [4.78, 5) is 11.7. The van der Waals surface area contributed by atoms with Gasteiger partial charge in [-0.3, -0.25) is 4.79 Å². The molecular weight excluding hydrogens is 276 g/mol. The molecule has 0 heterocycles. The third-order valence-corrected chi connectivity index (χ3v) is 7.49. The maximum absolute atomic E-state index is 11.7. The molecular formula is C19H26O3. The first-order valence-corrected chi connectivity index (χ1v) is 8.66. The van der Waals surface area contributed by atoms with Gasteiger partial charge in [-0.1, -0.05) is 25.5 Å². The first-order valence-electron chi connectivity index (χ1n) is 8.66. The van der Waals surface area contributed by atoms with Crippen LogP contribution in [0.25, 0.3) is 0 Å². The third kappa shape index (κ3) is 1.73. The van der Waals surface area contributed by atoms with Crippen molar-refractivity contribution in [3.63, 3.8) is 0 Å². The zero-order valence-electron chi connectivity index (χ0n) is 13.5.